The molecule has 2 atom stereocenters. The van der Waals surface area contributed by atoms with E-state index in [1.54, 1.807) is 13.0 Å². The predicted octanol–water partition coefficient (Wildman–Crippen LogP) is 6.47. The summed E-state index contributed by atoms with van der Waals surface area (Å²) in [6.45, 7) is 7.19. The van der Waals surface area contributed by atoms with E-state index in [4.69, 9.17) is 0 Å². The Balaban J connectivity index is 2.87. The monoisotopic (exact) mass is 359 g/mol. The molecule has 2 unspecified atom stereocenters. The predicted molar refractivity (Wildman–Crippen MR) is 87.0 cm³/mol. The van der Waals surface area contributed by atoms with E-state index in [2.05, 4.69) is 5.18 Å². The molecule has 136 valence electrons. The van der Waals surface area contributed by atoms with Crippen molar-refractivity contribution >= 4 is 11.3 Å². The van der Waals surface area contributed by atoms with Gasteiger partial charge >= 0.3 is 0 Å². The van der Waals surface area contributed by atoms with Gasteiger partial charge in [0.2, 0.25) is 0 Å². The second kappa shape index (κ2) is 6.69. The highest BCUT2D eigenvalue weighted by Gasteiger charge is 2.42. The second-order valence-electron chi connectivity index (χ2n) is 6.92. The molecule has 0 aromatic heterocycles. The summed E-state index contributed by atoms with van der Waals surface area (Å²) in [5.41, 5.74) is -1.16. The van der Waals surface area contributed by atoms with Crippen LogP contribution in [0.15, 0.2) is 34.8 Å². The molecule has 0 fully saturated rings. The van der Waals surface area contributed by atoms with Crippen molar-refractivity contribution in [2.75, 3.05) is 0 Å². The summed E-state index contributed by atoms with van der Waals surface area (Å²) in [7, 11) is 0. The lowest BCUT2D eigenvalue weighted by Crippen LogP contribution is -2.25. The molecule has 1 aromatic rings. The number of allylic oxidation sites excluding steroid dienone is 4. The van der Waals surface area contributed by atoms with Crippen molar-refractivity contribution in [3.8, 4) is 0 Å². The zero-order valence-corrected chi connectivity index (χ0v) is 14.3. The Bertz CT molecular complexity index is 776. The maximum atomic E-state index is 14.3. The van der Waals surface area contributed by atoms with Crippen LogP contribution in [0.2, 0.25) is 0 Å². The number of nitroso groups, excluding NO2 is 1. The molecule has 1 aromatic carbocycles. The van der Waals surface area contributed by atoms with Crippen LogP contribution in [0, 0.1) is 4.91 Å². The minimum Gasteiger partial charge on any atom is -0.238 e. The first-order chi connectivity index (χ1) is 11.5. The van der Waals surface area contributed by atoms with Crippen LogP contribution in [0.1, 0.15) is 44.4 Å². The molecule has 2 nitrogen and oxygen atoms in total. The number of aryl methyl sites for hydroxylation is 1. The van der Waals surface area contributed by atoms with Gasteiger partial charge in [0.05, 0.1) is 0 Å². The third kappa shape index (κ3) is 3.24. The van der Waals surface area contributed by atoms with Gasteiger partial charge in [-0.3, -0.25) is 0 Å². The first-order valence-electron chi connectivity index (χ1n) is 7.79. The van der Waals surface area contributed by atoms with Crippen molar-refractivity contribution in [3.05, 3.63) is 51.2 Å². The van der Waals surface area contributed by atoms with Crippen molar-refractivity contribution in [1.29, 1.82) is 0 Å². The number of hydrogen-bond donors (Lipinski definition) is 0. The molecule has 0 amide bonds. The number of halogens is 5. The van der Waals surface area contributed by atoms with Crippen LogP contribution < -0.4 is 0 Å². The molecular weight excluding hydrogens is 341 g/mol. The maximum Gasteiger partial charge on any atom is 0.193 e. The van der Waals surface area contributed by atoms with Gasteiger partial charge in [0.15, 0.2) is 29.8 Å². The first kappa shape index (κ1) is 19.3. The molecule has 1 aliphatic carbocycles. The van der Waals surface area contributed by atoms with Gasteiger partial charge in [0.25, 0.3) is 0 Å². The Morgan fingerprint density at radius 3 is 2.12 bits per heavy atom. The maximum absolute atomic E-state index is 14.3. The Morgan fingerprint density at radius 2 is 1.64 bits per heavy atom. The number of rotatable bonds is 3. The number of benzene rings is 1. The fourth-order valence-electron chi connectivity index (χ4n) is 2.72. The average molecular weight is 359 g/mol. The van der Waals surface area contributed by atoms with Gasteiger partial charge in [0.1, 0.15) is 5.69 Å². The fourth-order valence-corrected chi connectivity index (χ4v) is 2.72. The highest BCUT2D eigenvalue weighted by molar-refractivity contribution is 5.83. The minimum absolute atomic E-state index is 0.300. The molecule has 0 saturated heterocycles. The van der Waals surface area contributed by atoms with Crippen LogP contribution in [-0.2, 0) is 11.8 Å². The SMILES string of the molecule is CCc1cc(C(C)(C)C)cc(C2=C(F)C(F)=C(F)C(F)C2F)c1N=O. The third-order valence-electron chi connectivity index (χ3n) is 4.23. The number of hydrogen-bond acceptors (Lipinski definition) is 2. The number of alkyl halides is 2. The zero-order chi connectivity index (χ0) is 19.1. The summed E-state index contributed by atoms with van der Waals surface area (Å²) in [5, 5.41) is 2.81. The molecule has 0 N–H and O–H groups in total. The molecule has 0 saturated carbocycles. The lowest BCUT2D eigenvalue weighted by molar-refractivity contribution is 0.201. The van der Waals surface area contributed by atoms with Crippen molar-refractivity contribution in [2.24, 2.45) is 5.18 Å². The van der Waals surface area contributed by atoms with Crippen LogP contribution in [-0.4, -0.2) is 12.3 Å². The van der Waals surface area contributed by atoms with Crippen molar-refractivity contribution in [3.63, 3.8) is 0 Å². The Labute approximate surface area is 142 Å². The molecular formula is C18H18F5NO. The van der Waals surface area contributed by atoms with Crippen LogP contribution in [0.3, 0.4) is 0 Å². The Kier molecular flexibility index (Phi) is 5.16. The average Bonchev–Trinajstić information content (AvgIpc) is 2.56. The normalized spacial score (nSPS) is 21.8. The zero-order valence-electron chi connectivity index (χ0n) is 14.3. The third-order valence-corrected chi connectivity index (χ3v) is 4.23. The van der Waals surface area contributed by atoms with E-state index in [0.29, 0.717) is 17.5 Å². The summed E-state index contributed by atoms with van der Waals surface area (Å²) < 4.78 is 69.2. The molecule has 0 spiro atoms. The summed E-state index contributed by atoms with van der Waals surface area (Å²) in [5.74, 6) is -6.07. The van der Waals surface area contributed by atoms with Crippen LogP contribution in [0.25, 0.3) is 5.57 Å². The Hall–Kier alpha value is -2.05. The first-order valence-corrected chi connectivity index (χ1v) is 7.79. The molecule has 0 aliphatic heterocycles. The topological polar surface area (TPSA) is 29.4 Å². The number of nitrogens with zero attached hydrogens (tertiary/aromatic N) is 1. The van der Waals surface area contributed by atoms with E-state index < -0.39 is 40.8 Å². The van der Waals surface area contributed by atoms with Gasteiger partial charge in [-0.1, -0.05) is 33.8 Å². The summed E-state index contributed by atoms with van der Waals surface area (Å²) in [6, 6.07) is 2.94. The van der Waals surface area contributed by atoms with E-state index in [0.717, 1.165) is 0 Å². The van der Waals surface area contributed by atoms with E-state index in [1.165, 1.54) is 6.07 Å². The molecule has 0 bridgehead atoms. The van der Waals surface area contributed by atoms with Crippen molar-refractivity contribution < 1.29 is 22.0 Å². The van der Waals surface area contributed by atoms with E-state index in [1.807, 2.05) is 20.8 Å². The molecule has 0 heterocycles. The second-order valence-corrected chi connectivity index (χ2v) is 6.92. The minimum atomic E-state index is -2.97. The van der Waals surface area contributed by atoms with E-state index in [-0.39, 0.29) is 11.3 Å². The summed E-state index contributed by atoms with van der Waals surface area (Å²) in [6.07, 6.45) is -5.44. The van der Waals surface area contributed by atoms with Gasteiger partial charge in [-0.2, -0.15) is 0 Å². The molecule has 2 rings (SSSR count). The van der Waals surface area contributed by atoms with Gasteiger partial charge in [-0.05, 0) is 34.2 Å². The standard InChI is InChI=1S/C18H18F5NO/c1-5-8-6-9(18(2,3)4)7-10(17(8)24-25)11-12(19)14(21)16(23)15(22)13(11)20/h6-7,12,14H,5H2,1-4H3. The van der Waals surface area contributed by atoms with Crippen molar-refractivity contribution in [2.45, 2.75) is 51.9 Å². The van der Waals surface area contributed by atoms with E-state index in [9.17, 15) is 26.9 Å². The molecule has 25 heavy (non-hydrogen) atoms. The van der Waals surface area contributed by atoms with E-state index >= 15 is 0 Å². The summed E-state index contributed by atoms with van der Waals surface area (Å²) in [4.78, 5) is 11.3. The van der Waals surface area contributed by atoms with Gasteiger partial charge in [-0.25, -0.2) is 22.0 Å². The molecule has 1 aliphatic rings. The quantitative estimate of drug-likeness (QED) is 0.449. The lowest BCUT2D eigenvalue weighted by atomic mass is 9.81. The van der Waals surface area contributed by atoms with Gasteiger partial charge in [0, 0.05) is 11.1 Å². The Morgan fingerprint density at radius 1 is 1.04 bits per heavy atom. The highest BCUT2D eigenvalue weighted by Crippen LogP contribution is 2.46. The lowest BCUT2D eigenvalue weighted by Gasteiger charge is -2.26. The molecule has 0 radical (unpaired) electrons. The van der Waals surface area contributed by atoms with Gasteiger partial charge in [-0.15, -0.1) is 4.91 Å². The van der Waals surface area contributed by atoms with Crippen LogP contribution in [0.5, 0.6) is 0 Å². The van der Waals surface area contributed by atoms with Crippen LogP contribution >= 0.6 is 0 Å². The largest absolute Gasteiger partial charge is 0.238 e. The summed E-state index contributed by atoms with van der Waals surface area (Å²) >= 11 is 0. The molecule has 7 heteroatoms. The fraction of sp³-hybridized carbons (Fsp3) is 0.444. The van der Waals surface area contributed by atoms with Crippen LogP contribution in [0.4, 0.5) is 27.6 Å². The smallest absolute Gasteiger partial charge is 0.193 e. The van der Waals surface area contributed by atoms with Crippen molar-refractivity contribution in [1.82, 2.24) is 0 Å². The highest BCUT2D eigenvalue weighted by atomic mass is 19.2. The van der Waals surface area contributed by atoms with Gasteiger partial charge < -0.3 is 0 Å².